The SMILES string of the molecule is CCCCCN(c1nc(Cl)c(N2CCCC2)s1)C(C)C. The largest absolute Gasteiger partial charge is 0.361 e. The van der Waals surface area contributed by atoms with E-state index in [1.54, 1.807) is 11.3 Å². The lowest BCUT2D eigenvalue weighted by atomic mass is 10.2. The van der Waals surface area contributed by atoms with Crippen LogP contribution >= 0.6 is 22.9 Å². The van der Waals surface area contributed by atoms with Gasteiger partial charge in [0.25, 0.3) is 0 Å². The lowest BCUT2D eigenvalue weighted by molar-refractivity contribution is 0.624. The van der Waals surface area contributed by atoms with Crippen molar-refractivity contribution < 1.29 is 0 Å². The van der Waals surface area contributed by atoms with Gasteiger partial charge >= 0.3 is 0 Å². The van der Waals surface area contributed by atoms with E-state index in [0.717, 1.165) is 24.8 Å². The zero-order chi connectivity index (χ0) is 14.5. The summed E-state index contributed by atoms with van der Waals surface area (Å²) < 4.78 is 0. The number of halogens is 1. The highest BCUT2D eigenvalue weighted by Crippen LogP contribution is 2.39. The van der Waals surface area contributed by atoms with Gasteiger partial charge in [0, 0.05) is 25.7 Å². The molecule has 0 saturated carbocycles. The lowest BCUT2D eigenvalue weighted by Crippen LogP contribution is -2.31. The van der Waals surface area contributed by atoms with Crippen molar-refractivity contribution in [3.05, 3.63) is 5.15 Å². The summed E-state index contributed by atoms with van der Waals surface area (Å²) in [4.78, 5) is 9.40. The number of nitrogens with zero attached hydrogens (tertiary/aromatic N) is 3. The van der Waals surface area contributed by atoms with Gasteiger partial charge in [0.05, 0.1) is 0 Å². The molecule has 3 nitrogen and oxygen atoms in total. The van der Waals surface area contributed by atoms with E-state index in [0.29, 0.717) is 11.2 Å². The lowest BCUT2D eigenvalue weighted by Gasteiger charge is -2.26. The van der Waals surface area contributed by atoms with Gasteiger partial charge in [0.15, 0.2) is 10.3 Å². The Kier molecular flexibility index (Phi) is 5.97. The normalized spacial score (nSPS) is 15.3. The summed E-state index contributed by atoms with van der Waals surface area (Å²) in [6, 6.07) is 0.473. The Morgan fingerprint density at radius 1 is 1.30 bits per heavy atom. The van der Waals surface area contributed by atoms with Crippen LogP contribution in [0, 0.1) is 0 Å². The summed E-state index contributed by atoms with van der Waals surface area (Å²) in [5, 5.41) is 2.94. The molecule has 2 heterocycles. The van der Waals surface area contributed by atoms with Crippen LogP contribution in [0.4, 0.5) is 10.1 Å². The predicted octanol–water partition coefficient (Wildman–Crippen LogP) is 4.80. The molecule has 114 valence electrons. The summed E-state index contributed by atoms with van der Waals surface area (Å²) in [5.74, 6) is 0. The van der Waals surface area contributed by atoms with Crippen molar-refractivity contribution in [1.82, 2.24) is 4.98 Å². The van der Waals surface area contributed by atoms with Gasteiger partial charge in [-0.2, -0.15) is 0 Å². The predicted molar refractivity (Wildman–Crippen MR) is 90.6 cm³/mol. The summed E-state index contributed by atoms with van der Waals surface area (Å²) in [7, 11) is 0. The minimum Gasteiger partial charge on any atom is -0.361 e. The van der Waals surface area contributed by atoms with Crippen molar-refractivity contribution in [3.8, 4) is 0 Å². The topological polar surface area (TPSA) is 19.4 Å². The standard InChI is InChI=1S/C15H26ClN3S/c1-4-5-6-11-19(12(2)3)15-17-13(16)14(20-15)18-9-7-8-10-18/h12H,4-11H2,1-3H3. The Morgan fingerprint density at radius 3 is 2.60 bits per heavy atom. The van der Waals surface area contributed by atoms with Crippen LogP contribution in [0.5, 0.6) is 0 Å². The van der Waals surface area contributed by atoms with Gasteiger partial charge in [-0.15, -0.1) is 0 Å². The van der Waals surface area contributed by atoms with Crippen LogP contribution in [0.25, 0.3) is 0 Å². The highest BCUT2D eigenvalue weighted by molar-refractivity contribution is 7.20. The van der Waals surface area contributed by atoms with Gasteiger partial charge in [0.1, 0.15) is 5.00 Å². The van der Waals surface area contributed by atoms with E-state index in [1.165, 1.54) is 37.1 Å². The van der Waals surface area contributed by atoms with E-state index in [9.17, 15) is 0 Å². The second kappa shape index (κ2) is 7.51. The second-order valence-electron chi connectivity index (χ2n) is 5.78. The average Bonchev–Trinajstić information content (AvgIpc) is 3.03. The first-order chi connectivity index (χ1) is 9.63. The highest BCUT2D eigenvalue weighted by Gasteiger charge is 2.22. The first kappa shape index (κ1) is 15.9. The molecule has 1 fully saturated rings. The quantitative estimate of drug-likeness (QED) is 0.674. The van der Waals surface area contributed by atoms with Gasteiger partial charge in [-0.05, 0) is 33.1 Å². The first-order valence-electron chi connectivity index (χ1n) is 7.81. The zero-order valence-corrected chi connectivity index (χ0v) is 14.4. The van der Waals surface area contributed by atoms with Crippen LogP contribution in [-0.4, -0.2) is 30.7 Å². The summed E-state index contributed by atoms with van der Waals surface area (Å²) >= 11 is 8.13. The molecule has 1 aliphatic rings. The van der Waals surface area contributed by atoms with Crippen LogP contribution in [0.2, 0.25) is 5.15 Å². The average molecular weight is 316 g/mol. The molecule has 0 radical (unpaired) electrons. The summed E-state index contributed by atoms with van der Waals surface area (Å²) in [6.07, 6.45) is 6.30. The molecule has 0 N–H and O–H groups in total. The van der Waals surface area contributed by atoms with Crippen molar-refractivity contribution in [2.75, 3.05) is 29.4 Å². The van der Waals surface area contributed by atoms with E-state index in [-0.39, 0.29) is 0 Å². The van der Waals surface area contributed by atoms with Crippen LogP contribution < -0.4 is 9.80 Å². The van der Waals surface area contributed by atoms with Gasteiger partial charge in [-0.3, -0.25) is 0 Å². The molecule has 1 aliphatic heterocycles. The van der Waals surface area contributed by atoms with E-state index in [4.69, 9.17) is 11.6 Å². The summed E-state index contributed by atoms with van der Waals surface area (Å²) in [6.45, 7) is 10.0. The van der Waals surface area contributed by atoms with Crippen LogP contribution in [0.15, 0.2) is 0 Å². The Labute approximate surface area is 131 Å². The Morgan fingerprint density at radius 2 is 2.00 bits per heavy atom. The molecule has 0 atom stereocenters. The molecule has 0 bridgehead atoms. The number of hydrogen-bond donors (Lipinski definition) is 0. The fraction of sp³-hybridized carbons (Fsp3) is 0.800. The van der Waals surface area contributed by atoms with Gasteiger partial charge in [-0.25, -0.2) is 4.98 Å². The smallest absolute Gasteiger partial charge is 0.189 e. The Balaban J connectivity index is 2.10. The molecule has 0 amide bonds. The molecule has 1 aromatic heterocycles. The number of rotatable bonds is 7. The number of thiazole rings is 1. The van der Waals surface area contributed by atoms with E-state index >= 15 is 0 Å². The first-order valence-corrected chi connectivity index (χ1v) is 9.00. The third-order valence-electron chi connectivity index (χ3n) is 3.82. The minimum atomic E-state index is 0.473. The number of unbranched alkanes of at least 4 members (excludes halogenated alkanes) is 2. The zero-order valence-electron chi connectivity index (χ0n) is 12.9. The molecule has 1 saturated heterocycles. The molecular weight excluding hydrogens is 290 g/mol. The molecule has 0 aromatic carbocycles. The highest BCUT2D eigenvalue weighted by atomic mass is 35.5. The summed E-state index contributed by atoms with van der Waals surface area (Å²) in [5.41, 5.74) is 0. The van der Waals surface area contributed by atoms with Crippen molar-refractivity contribution in [3.63, 3.8) is 0 Å². The van der Waals surface area contributed by atoms with E-state index in [1.807, 2.05) is 0 Å². The second-order valence-corrected chi connectivity index (χ2v) is 7.09. The molecule has 2 rings (SSSR count). The van der Waals surface area contributed by atoms with Gasteiger partial charge in [0.2, 0.25) is 0 Å². The van der Waals surface area contributed by atoms with Gasteiger partial charge in [-0.1, -0.05) is 42.7 Å². The van der Waals surface area contributed by atoms with Gasteiger partial charge < -0.3 is 9.80 Å². The van der Waals surface area contributed by atoms with E-state index in [2.05, 4.69) is 35.6 Å². The van der Waals surface area contributed by atoms with Crippen molar-refractivity contribution in [2.45, 2.75) is 58.9 Å². The van der Waals surface area contributed by atoms with Crippen molar-refractivity contribution in [2.24, 2.45) is 0 Å². The van der Waals surface area contributed by atoms with Crippen LogP contribution in [0.1, 0.15) is 52.9 Å². The van der Waals surface area contributed by atoms with Crippen LogP contribution in [0.3, 0.4) is 0 Å². The Hall–Kier alpha value is -0.480. The Bertz CT molecular complexity index is 413. The number of anilines is 2. The monoisotopic (exact) mass is 315 g/mol. The molecule has 1 aromatic rings. The molecule has 0 aliphatic carbocycles. The van der Waals surface area contributed by atoms with Crippen molar-refractivity contribution in [1.29, 1.82) is 0 Å². The molecular formula is C15H26ClN3S. The number of hydrogen-bond acceptors (Lipinski definition) is 4. The molecule has 20 heavy (non-hydrogen) atoms. The van der Waals surface area contributed by atoms with Crippen LogP contribution in [-0.2, 0) is 0 Å². The maximum absolute atomic E-state index is 6.37. The number of aromatic nitrogens is 1. The molecule has 0 unspecified atom stereocenters. The molecule has 0 spiro atoms. The maximum Gasteiger partial charge on any atom is 0.189 e. The third-order valence-corrected chi connectivity index (χ3v) is 5.35. The molecule has 5 heteroatoms. The fourth-order valence-corrected chi connectivity index (χ4v) is 4.16. The maximum atomic E-state index is 6.37. The minimum absolute atomic E-state index is 0.473. The third kappa shape index (κ3) is 3.79. The van der Waals surface area contributed by atoms with E-state index < -0.39 is 0 Å². The fourth-order valence-electron chi connectivity index (χ4n) is 2.63. The van der Waals surface area contributed by atoms with Crippen molar-refractivity contribution >= 4 is 33.1 Å².